The molecule has 0 radical (unpaired) electrons. The van der Waals surface area contributed by atoms with Crippen LogP contribution in [0.25, 0.3) is 0 Å². The van der Waals surface area contributed by atoms with Crippen molar-refractivity contribution in [1.82, 2.24) is 30.0 Å². The molecule has 1 saturated heterocycles. The van der Waals surface area contributed by atoms with E-state index >= 15 is 0 Å². The van der Waals surface area contributed by atoms with Gasteiger partial charge in [0.15, 0.2) is 0 Å². The summed E-state index contributed by atoms with van der Waals surface area (Å²) < 4.78 is 15.6. The summed E-state index contributed by atoms with van der Waals surface area (Å²) in [6.07, 6.45) is 11.6. The van der Waals surface area contributed by atoms with Gasteiger partial charge in [-0.3, -0.25) is 14.4 Å². The summed E-state index contributed by atoms with van der Waals surface area (Å²) in [5, 5.41) is 5.91. The second-order valence-corrected chi connectivity index (χ2v) is 13.3. The van der Waals surface area contributed by atoms with Crippen molar-refractivity contribution in [3.63, 3.8) is 0 Å². The normalized spacial score (nSPS) is 19.2. The highest BCUT2D eigenvalue weighted by Gasteiger charge is 2.41. The number of hydrogen-bond donors (Lipinski definition) is 2. The van der Waals surface area contributed by atoms with Crippen molar-refractivity contribution in [3.05, 3.63) is 53.9 Å². The summed E-state index contributed by atoms with van der Waals surface area (Å²) in [5.74, 6) is -0.815. The van der Waals surface area contributed by atoms with Crippen LogP contribution in [0.1, 0.15) is 94.7 Å². The Balaban J connectivity index is 1.53. The SMILES string of the molecule is CNC(C)C(=O)NC(C(=O)N1CCCC1CN(CCc1ccc(F)cc1)C(=O)c1cn(C2CCCCC2)cn1)C(C)(C)C. The summed E-state index contributed by atoms with van der Waals surface area (Å²) in [4.78, 5) is 48.9. The molecule has 9 nitrogen and oxygen atoms in total. The Hall–Kier alpha value is -3.27. The number of aromatic nitrogens is 2. The van der Waals surface area contributed by atoms with E-state index in [9.17, 15) is 18.8 Å². The fraction of sp³-hybridized carbons (Fsp3) is 0.636. The van der Waals surface area contributed by atoms with Gasteiger partial charge in [0, 0.05) is 37.9 Å². The van der Waals surface area contributed by atoms with E-state index in [1.165, 1.54) is 31.4 Å². The van der Waals surface area contributed by atoms with Crippen molar-refractivity contribution in [2.45, 2.75) is 103 Å². The van der Waals surface area contributed by atoms with Crippen molar-refractivity contribution in [1.29, 1.82) is 0 Å². The van der Waals surface area contributed by atoms with E-state index in [0.29, 0.717) is 37.8 Å². The van der Waals surface area contributed by atoms with Crippen LogP contribution in [0.3, 0.4) is 0 Å². The third kappa shape index (κ3) is 8.43. The molecular weight excluding hydrogens is 547 g/mol. The fourth-order valence-corrected chi connectivity index (χ4v) is 6.16. The van der Waals surface area contributed by atoms with Crippen LogP contribution in [0, 0.1) is 11.2 Å². The summed E-state index contributed by atoms with van der Waals surface area (Å²) in [6.45, 7) is 8.96. The van der Waals surface area contributed by atoms with E-state index in [2.05, 4.69) is 20.2 Å². The zero-order chi connectivity index (χ0) is 31.1. The van der Waals surface area contributed by atoms with Gasteiger partial charge in [0.05, 0.1) is 12.4 Å². The minimum atomic E-state index is -0.703. The van der Waals surface area contributed by atoms with Gasteiger partial charge in [0.25, 0.3) is 5.91 Å². The van der Waals surface area contributed by atoms with E-state index in [0.717, 1.165) is 31.2 Å². The van der Waals surface area contributed by atoms with Crippen molar-refractivity contribution in [2.24, 2.45) is 5.41 Å². The van der Waals surface area contributed by atoms with Crippen LogP contribution in [0.4, 0.5) is 4.39 Å². The average molecular weight is 597 g/mol. The molecular formula is C33H49FN6O3. The topological polar surface area (TPSA) is 99.6 Å². The Morgan fingerprint density at radius 3 is 2.42 bits per heavy atom. The Morgan fingerprint density at radius 2 is 1.77 bits per heavy atom. The molecule has 3 unspecified atom stereocenters. The highest BCUT2D eigenvalue weighted by molar-refractivity contribution is 5.92. The molecule has 1 aliphatic heterocycles. The predicted octanol–water partition coefficient (Wildman–Crippen LogP) is 4.34. The first-order valence-electron chi connectivity index (χ1n) is 15.8. The highest BCUT2D eigenvalue weighted by atomic mass is 19.1. The van der Waals surface area contributed by atoms with Gasteiger partial charge >= 0.3 is 0 Å². The van der Waals surface area contributed by atoms with Gasteiger partial charge < -0.3 is 25.0 Å². The number of nitrogens with one attached hydrogen (secondary N) is 2. The lowest BCUT2D eigenvalue weighted by molar-refractivity contribution is -0.140. The van der Waals surface area contributed by atoms with Gasteiger partial charge in [0.2, 0.25) is 11.8 Å². The Morgan fingerprint density at radius 1 is 1.07 bits per heavy atom. The molecule has 2 fully saturated rings. The highest BCUT2D eigenvalue weighted by Crippen LogP contribution is 2.29. The van der Waals surface area contributed by atoms with Crippen LogP contribution in [-0.2, 0) is 16.0 Å². The van der Waals surface area contributed by atoms with Crippen LogP contribution in [0.5, 0.6) is 0 Å². The molecule has 1 aromatic carbocycles. The largest absolute Gasteiger partial charge is 0.342 e. The number of carbonyl (C=O) groups is 3. The number of carbonyl (C=O) groups excluding carboxylic acids is 3. The molecule has 0 bridgehead atoms. The van der Waals surface area contributed by atoms with Crippen LogP contribution in [0.15, 0.2) is 36.8 Å². The smallest absolute Gasteiger partial charge is 0.274 e. The first kappa shape index (κ1) is 32.6. The molecule has 4 rings (SSSR count). The van der Waals surface area contributed by atoms with E-state index in [-0.39, 0.29) is 29.6 Å². The molecule has 3 atom stereocenters. The van der Waals surface area contributed by atoms with Gasteiger partial charge in [-0.25, -0.2) is 9.37 Å². The number of likely N-dealkylation sites (tertiary alicyclic amines) is 1. The molecule has 2 aliphatic rings. The lowest BCUT2D eigenvalue weighted by Gasteiger charge is -2.37. The summed E-state index contributed by atoms with van der Waals surface area (Å²) in [6, 6.07) is 5.39. The standard InChI is InChI=1S/C33H49FN6O3/c1-23(35-5)30(41)37-29(33(2,3)4)32(43)40-18-9-12-27(40)20-38(19-17-24-13-15-25(34)16-14-24)31(42)28-21-39(22-36-28)26-10-7-6-8-11-26/h13-16,21-23,26-27,29,35H,6-12,17-20H2,1-5H3,(H,37,41). The number of hydrogen-bond acceptors (Lipinski definition) is 5. The fourth-order valence-electron chi connectivity index (χ4n) is 6.16. The second-order valence-electron chi connectivity index (χ2n) is 13.3. The molecule has 3 amide bonds. The molecule has 1 aliphatic carbocycles. The zero-order valence-electron chi connectivity index (χ0n) is 26.4. The minimum Gasteiger partial charge on any atom is -0.342 e. The van der Waals surface area contributed by atoms with Gasteiger partial charge in [-0.2, -0.15) is 0 Å². The number of nitrogens with zero attached hydrogens (tertiary/aromatic N) is 4. The Kier molecular flexibility index (Phi) is 11.0. The number of halogens is 1. The van der Waals surface area contributed by atoms with E-state index < -0.39 is 17.5 Å². The molecule has 43 heavy (non-hydrogen) atoms. The van der Waals surface area contributed by atoms with Crippen molar-refractivity contribution < 1.29 is 18.8 Å². The van der Waals surface area contributed by atoms with Crippen LogP contribution < -0.4 is 10.6 Å². The number of benzene rings is 1. The van der Waals surface area contributed by atoms with E-state index in [1.807, 2.05) is 31.9 Å². The number of amides is 3. The first-order chi connectivity index (χ1) is 20.5. The van der Waals surface area contributed by atoms with Crippen LogP contribution >= 0.6 is 0 Å². The van der Waals surface area contributed by atoms with Crippen molar-refractivity contribution in [2.75, 3.05) is 26.7 Å². The number of rotatable bonds is 11. The second kappa shape index (κ2) is 14.5. The Bertz CT molecular complexity index is 1230. The van der Waals surface area contributed by atoms with Gasteiger partial charge in [0.1, 0.15) is 17.6 Å². The lowest BCUT2D eigenvalue weighted by Crippen LogP contribution is -2.59. The molecule has 2 heterocycles. The summed E-state index contributed by atoms with van der Waals surface area (Å²) in [5.41, 5.74) is 0.832. The third-order valence-electron chi connectivity index (χ3n) is 9.01. The van der Waals surface area contributed by atoms with Crippen molar-refractivity contribution in [3.8, 4) is 0 Å². The molecule has 1 aromatic heterocycles. The van der Waals surface area contributed by atoms with Crippen molar-refractivity contribution >= 4 is 17.7 Å². The maximum Gasteiger partial charge on any atom is 0.274 e. The van der Waals surface area contributed by atoms with Gasteiger partial charge in [-0.15, -0.1) is 0 Å². The maximum atomic E-state index is 14.0. The minimum absolute atomic E-state index is 0.126. The van der Waals surface area contributed by atoms with Crippen LogP contribution in [-0.4, -0.2) is 81.9 Å². The molecule has 236 valence electrons. The van der Waals surface area contributed by atoms with E-state index in [4.69, 9.17) is 0 Å². The number of likely N-dealkylation sites (N-methyl/N-ethyl adjacent to an activating group) is 1. The quantitative estimate of drug-likeness (QED) is 0.402. The molecule has 2 N–H and O–H groups in total. The van der Waals surface area contributed by atoms with Crippen LogP contribution in [0.2, 0.25) is 0 Å². The monoisotopic (exact) mass is 596 g/mol. The van der Waals surface area contributed by atoms with Gasteiger partial charge in [-0.1, -0.05) is 52.2 Å². The molecule has 1 saturated carbocycles. The van der Waals surface area contributed by atoms with Gasteiger partial charge in [-0.05, 0) is 69.2 Å². The third-order valence-corrected chi connectivity index (χ3v) is 9.01. The summed E-state index contributed by atoms with van der Waals surface area (Å²) >= 11 is 0. The number of imidazole rings is 1. The molecule has 10 heteroatoms. The average Bonchev–Trinajstić information content (AvgIpc) is 3.68. The summed E-state index contributed by atoms with van der Waals surface area (Å²) in [7, 11) is 1.71. The zero-order valence-corrected chi connectivity index (χ0v) is 26.4. The maximum absolute atomic E-state index is 14.0. The first-order valence-corrected chi connectivity index (χ1v) is 15.8. The van der Waals surface area contributed by atoms with E-state index in [1.54, 1.807) is 37.3 Å². The predicted molar refractivity (Wildman–Crippen MR) is 165 cm³/mol. The lowest BCUT2D eigenvalue weighted by atomic mass is 9.85. The molecule has 2 aromatic rings. The Labute approximate surface area is 255 Å². The molecule has 0 spiro atoms.